The van der Waals surface area contributed by atoms with Gasteiger partial charge in [-0.2, -0.15) is 10.4 Å². The Hall–Kier alpha value is -1.34. The van der Waals surface area contributed by atoms with Crippen LogP contribution in [-0.2, 0) is 18.2 Å². The van der Waals surface area contributed by atoms with Crippen molar-refractivity contribution < 1.29 is 4.74 Å². The van der Waals surface area contributed by atoms with Gasteiger partial charge < -0.3 is 4.74 Å². The van der Waals surface area contributed by atoms with E-state index in [0.717, 1.165) is 17.7 Å². The Morgan fingerprint density at radius 1 is 1.77 bits per heavy atom. The minimum absolute atomic E-state index is 0.497. The van der Waals surface area contributed by atoms with Gasteiger partial charge >= 0.3 is 0 Å². The molecule has 13 heavy (non-hydrogen) atoms. The highest BCUT2D eigenvalue weighted by Crippen LogP contribution is 2.19. The molecule has 0 amide bonds. The molecule has 1 aromatic rings. The molecule has 0 saturated carbocycles. The Bertz CT molecular complexity index is 324. The summed E-state index contributed by atoms with van der Waals surface area (Å²) in [6.07, 6.45) is 2.15. The molecule has 0 aliphatic carbocycles. The van der Waals surface area contributed by atoms with Crippen LogP contribution in [0.4, 0.5) is 0 Å². The van der Waals surface area contributed by atoms with Crippen LogP contribution in [0.25, 0.3) is 0 Å². The molecule has 1 heterocycles. The summed E-state index contributed by atoms with van der Waals surface area (Å²) in [6.45, 7) is 2.01. The number of hydrogen-bond acceptors (Lipinski definition) is 3. The third-order valence-electron chi connectivity index (χ3n) is 1.91. The first-order chi connectivity index (χ1) is 6.22. The van der Waals surface area contributed by atoms with Crippen molar-refractivity contribution in [2.45, 2.75) is 19.4 Å². The smallest absolute Gasteiger partial charge is 0.171 e. The Morgan fingerprint density at radius 2 is 2.46 bits per heavy atom. The van der Waals surface area contributed by atoms with Gasteiger partial charge in [-0.25, -0.2) is 0 Å². The first-order valence-corrected chi connectivity index (χ1v) is 4.17. The van der Waals surface area contributed by atoms with Gasteiger partial charge in [-0.05, 0) is 6.42 Å². The normalized spacial score (nSPS) is 12.5. The minimum Gasteiger partial charge on any atom is -0.362 e. The Balaban J connectivity index is 3.05. The van der Waals surface area contributed by atoms with E-state index in [0.29, 0.717) is 0 Å². The van der Waals surface area contributed by atoms with Crippen LogP contribution in [0.5, 0.6) is 0 Å². The van der Waals surface area contributed by atoms with Crippen molar-refractivity contribution >= 4 is 0 Å². The van der Waals surface area contributed by atoms with Crippen LogP contribution in [-0.4, -0.2) is 16.9 Å². The number of aryl methyl sites for hydroxylation is 2. The van der Waals surface area contributed by atoms with Crippen LogP contribution < -0.4 is 0 Å². The van der Waals surface area contributed by atoms with Crippen LogP contribution in [0, 0.1) is 11.3 Å². The molecule has 0 aromatic carbocycles. The largest absolute Gasteiger partial charge is 0.362 e. The number of methoxy groups -OCH3 is 1. The maximum absolute atomic E-state index is 8.80. The second-order valence-electron chi connectivity index (χ2n) is 2.80. The van der Waals surface area contributed by atoms with Gasteiger partial charge in [0.15, 0.2) is 6.10 Å². The van der Waals surface area contributed by atoms with Gasteiger partial charge in [-0.1, -0.05) is 6.92 Å². The Kier molecular flexibility index (Phi) is 3.04. The van der Waals surface area contributed by atoms with Gasteiger partial charge in [0, 0.05) is 25.9 Å². The molecule has 0 aliphatic heterocycles. The first-order valence-electron chi connectivity index (χ1n) is 4.17. The van der Waals surface area contributed by atoms with Crippen LogP contribution in [0.3, 0.4) is 0 Å². The highest BCUT2D eigenvalue weighted by molar-refractivity contribution is 5.24. The summed E-state index contributed by atoms with van der Waals surface area (Å²) in [6, 6.07) is 2.08. The third kappa shape index (κ3) is 1.87. The van der Waals surface area contributed by atoms with Crippen molar-refractivity contribution in [3.8, 4) is 6.07 Å². The molecule has 1 atom stereocenters. The minimum atomic E-state index is -0.497. The topological polar surface area (TPSA) is 50.8 Å². The number of hydrogen-bond donors (Lipinski definition) is 0. The molecule has 0 aliphatic rings. The summed E-state index contributed by atoms with van der Waals surface area (Å²) in [7, 11) is 3.37. The molecular formula is C9H13N3O. The molecule has 4 heteroatoms. The molecule has 0 saturated heterocycles. The predicted octanol–water partition coefficient (Wildman–Crippen LogP) is 1.19. The van der Waals surface area contributed by atoms with Crippen LogP contribution in [0.2, 0.25) is 0 Å². The standard InChI is InChI=1S/C9H13N3O/c1-4-8-7(6-12(2)11-8)9(5-10)13-3/h6,9H,4H2,1-3H3. The number of ether oxygens (including phenoxy) is 1. The average molecular weight is 179 g/mol. The molecule has 1 unspecified atom stereocenters. The van der Waals surface area contributed by atoms with Crippen LogP contribution in [0.1, 0.15) is 24.3 Å². The highest BCUT2D eigenvalue weighted by atomic mass is 16.5. The van der Waals surface area contributed by atoms with Crippen LogP contribution >= 0.6 is 0 Å². The molecule has 4 nitrogen and oxygen atoms in total. The number of aromatic nitrogens is 2. The molecule has 0 spiro atoms. The van der Waals surface area contributed by atoms with E-state index >= 15 is 0 Å². The molecule has 70 valence electrons. The fourth-order valence-corrected chi connectivity index (χ4v) is 1.30. The number of nitrogens with zero attached hydrogens (tertiary/aromatic N) is 3. The zero-order valence-corrected chi connectivity index (χ0v) is 8.11. The second kappa shape index (κ2) is 4.06. The van der Waals surface area contributed by atoms with E-state index in [1.807, 2.05) is 20.2 Å². The summed E-state index contributed by atoms with van der Waals surface area (Å²) in [4.78, 5) is 0. The highest BCUT2D eigenvalue weighted by Gasteiger charge is 2.15. The lowest BCUT2D eigenvalue weighted by molar-refractivity contribution is 0.148. The van der Waals surface area contributed by atoms with Gasteiger partial charge in [-0.3, -0.25) is 4.68 Å². The van der Waals surface area contributed by atoms with E-state index < -0.39 is 6.10 Å². The average Bonchev–Trinajstić information content (AvgIpc) is 2.49. The van der Waals surface area contributed by atoms with E-state index in [-0.39, 0.29) is 0 Å². The molecule has 1 aromatic heterocycles. The number of rotatable bonds is 3. The number of nitriles is 1. The van der Waals surface area contributed by atoms with E-state index in [4.69, 9.17) is 10.00 Å². The van der Waals surface area contributed by atoms with Crippen molar-refractivity contribution in [2.24, 2.45) is 7.05 Å². The summed E-state index contributed by atoms with van der Waals surface area (Å²) in [5, 5.41) is 13.0. The van der Waals surface area contributed by atoms with Gasteiger partial charge in [0.05, 0.1) is 11.8 Å². The summed E-state index contributed by atoms with van der Waals surface area (Å²) in [5.74, 6) is 0. The Labute approximate surface area is 77.7 Å². The van der Waals surface area contributed by atoms with Gasteiger partial charge in [-0.15, -0.1) is 0 Å². The molecule has 0 fully saturated rings. The summed E-state index contributed by atoms with van der Waals surface area (Å²) < 4.78 is 6.73. The first kappa shape index (κ1) is 9.75. The van der Waals surface area contributed by atoms with E-state index in [2.05, 4.69) is 11.2 Å². The van der Waals surface area contributed by atoms with Gasteiger partial charge in [0.1, 0.15) is 0 Å². The summed E-state index contributed by atoms with van der Waals surface area (Å²) in [5.41, 5.74) is 1.80. The monoisotopic (exact) mass is 179 g/mol. The van der Waals surface area contributed by atoms with E-state index in [1.54, 1.807) is 4.68 Å². The lowest BCUT2D eigenvalue weighted by atomic mass is 10.1. The summed E-state index contributed by atoms with van der Waals surface area (Å²) >= 11 is 0. The van der Waals surface area contributed by atoms with Gasteiger partial charge in [0.25, 0.3) is 0 Å². The van der Waals surface area contributed by atoms with Crippen molar-refractivity contribution in [3.05, 3.63) is 17.5 Å². The van der Waals surface area contributed by atoms with E-state index in [1.165, 1.54) is 7.11 Å². The molecular weight excluding hydrogens is 166 g/mol. The Morgan fingerprint density at radius 3 is 2.92 bits per heavy atom. The van der Waals surface area contributed by atoms with E-state index in [9.17, 15) is 0 Å². The second-order valence-corrected chi connectivity index (χ2v) is 2.80. The van der Waals surface area contributed by atoms with Crippen LogP contribution in [0.15, 0.2) is 6.20 Å². The van der Waals surface area contributed by atoms with Crippen molar-refractivity contribution in [1.29, 1.82) is 5.26 Å². The zero-order chi connectivity index (χ0) is 9.84. The van der Waals surface area contributed by atoms with Crippen molar-refractivity contribution in [2.75, 3.05) is 7.11 Å². The lowest BCUT2D eigenvalue weighted by Gasteiger charge is -2.04. The molecule has 0 radical (unpaired) electrons. The zero-order valence-electron chi connectivity index (χ0n) is 8.11. The lowest BCUT2D eigenvalue weighted by Crippen LogP contribution is -1.99. The SMILES string of the molecule is CCc1nn(C)cc1C(C#N)OC. The quantitative estimate of drug-likeness (QED) is 0.700. The fraction of sp³-hybridized carbons (Fsp3) is 0.556. The third-order valence-corrected chi connectivity index (χ3v) is 1.91. The molecule has 1 rings (SSSR count). The molecule has 0 bridgehead atoms. The van der Waals surface area contributed by atoms with Crippen molar-refractivity contribution in [1.82, 2.24) is 9.78 Å². The molecule has 0 N–H and O–H groups in total. The van der Waals surface area contributed by atoms with Crippen molar-refractivity contribution in [3.63, 3.8) is 0 Å². The maximum atomic E-state index is 8.80. The maximum Gasteiger partial charge on any atom is 0.171 e. The van der Waals surface area contributed by atoms with Gasteiger partial charge in [0.2, 0.25) is 0 Å². The fourth-order valence-electron chi connectivity index (χ4n) is 1.30. The predicted molar refractivity (Wildman–Crippen MR) is 47.9 cm³/mol.